The van der Waals surface area contributed by atoms with Crippen LogP contribution in [0.3, 0.4) is 0 Å². The third-order valence-corrected chi connectivity index (χ3v) is 8.26. The van der Waals surface area contributed by atoms with E-state index in [0.29, 0.717) is 22.6 Å². The maximum absolute atomic E-state index is 14.6. The van der Waals surface area contributed by atoms with Crippen molar-refractivity contribution >= 4 is 40.7 Å². The largest absolute Gasteiger partial charge is 0.371 e. The zero-order valence-corrected chi connectivity index (χ0v) is 23.0. The van der Waals surface area contributed by atoms with Crippen molar-refractivity contribution in [1.29, 1.82) is 0 Å². The summed E-state index contributed by atoms with van der Waals surface area (Å²) in [5.74, 6) is 0.766. The minimum absolute atomic E-state index is 0.0874. The molecule has 3 aliphatic heterocycles. The summed E-state index contributed by atoms with van der Waals surface area (Å²) in [4.78, 5) is 27.8. The van der Waals surface area contributed by atoms with Crippen LogP contribution in [0.2, 0.25) is 0 Å². The smallest absolute Gasteiger partial charge is 0.260 e. The van der Waals surface area contributed by atoms with Crippen molar-refractivity contribution in [3.05, 3.63) is 59.9 Å². The first-order valence-corrected chi connectivity index (χ1v) is 14.3. The minimum atomic E-state index is -0.512. The fourth-order valence-corrected chi connectivity index (χ4v) is 5.78. The summed E-state index contributed by atoms with van der Waals surface area (Å²) in [6.07, 6.45) is 3.34. The van der Waals surface area contributed by atoms with Gasteiger partial charge in [-0.1, -0.05) is 6.07 Å². The maximum atomic E-state index is 14.6. The van der Waals surface area contributed by atoms with Gasteiger partial charge in [0.2, 0.25) is 0 Å². The van der Waals surface area contributed by atoms with E-state index in [2.05, 4.69) is 32.9 Å². The first-order chi connectivity index (χ1) is 18.9. The number of hydrogen-bond acceptors (Lipinski definition) is 9. The van der Waals surface area contributed by atoms with Crippen LogP contribution in [0.15, 0.2) is 58.6 Å². The van der Waals surface area contributed by atoms with Gasteiger partial charge in [0.1, 0.15) is 17.5 Å². The highest BCUT2D eigenvalue weighted by molar-refractivity contribution is 7.99. The minimum Gasteiger partial charge on any atom is -0.371 e. The van der Waals surface area contributed by atoms with Gasteiger partial charge >= 0.3 is 0 Å². The third kappa shape index (κ3) is 5.66. The van der Waals surface area contributed by atoms with Crippen LogP contribution in [0, 0.1) is 5.82 Å². The standard InChI is InChI=1S/C28H33FN8OS/c1-18-16-24(35(2)34-18)31-23-17-25(37-14-5-15-37)33-28(32-23)39-20-10-8-19(9-11-20)30-27(38)26-21(29)6-3-7-22(26)36-12-4-13-36/h3,6-11,17-18,24,34H,4-5,12-16H2,1-2H3,(H,30,38)(H,31,32,33). The molecule has 6 rings (SSSR count). The Morgan fingerprint density at radius 1 is 1.05 bits per heavy atom. The van der Waals surface area contributed by atoms with Gasteiger partial charge < -0.3 is 20.4 Å². The van der Waals surface area contributed by atoms with Crippen LogP contribution in [0.4, 0.5) is 27.4 Å². The van der Waals surface area contributed by atoms with Crippen LogP contribution >= 0.6 is 11.8 Å². The molecule has 1 aromatic heterocycles. The summed E-state index contributed by atoms with van der Waals surface area (Å²) in [7, 11) is 2.03. The lowest BCUT2D eigenvalue weighted by Crippen LogP contribution is -2.39. The Morgan fingerprint density at radius 3 is 2.44 bits per heavy atom. The number of anilines is 4. The van der Waals surface area contributed by atoms with Gasteiger partial charge in [-0.3, -0.25) is 10.2 Å². The quantitative estimate of drug-likeness (QED) is 0.354. The van der Waals surface area contributed by atoms with E-state index in [0.717, 1.165) is 55.6 Å². The Morgan fingerprint density at radius 2 is 1.79 bits per heavy atom. The van der Waals surface area contributed by atoms with E-state index in [1.165, 1.54) is 24.2 Å². The van der Waals surface area contributed by atoms with E-state index in [9.17, 15) is 9.18 Å². The Balaban J connectivity index is 1.16. The number of rotatable bonds is 8. The lowest BCUT2D eigenvalue weighted by molar-refractivity contribution is 0.102. The number of halogens is 1. The van der Waals surface area contributed by atoms with Gasteiger partial charge in [-0.15, -0.1) is 0 Å². The molecule has 2 atom stereocenters. The molecule has 2 unspecified atom stereocenters. The molecule has 0 spiro atoms. The number of nitrogens with one attached hydrogen (secondary N) is 3. The van der Waals surface area contributed by atoms with Crippen LogP contribution in [-0.2, 0) is 0 Å². The fraction of sp³-hybridized carbons (Fsp3) is 0.393. The number of nitrogens with zero attached hydrogens (tertiary/aromatic N) is 5. The zero-order chi connectivity index (χ0) is 26.9. The molecule has 3 saturated heterocycles. The van der Waals surface area contributed by atoms with E-state index >= 15 is 0 Å². The Labute approximate surface area is 232 Å². The summed E-state index contributed by atoms with van der Waals surface area (Å²) < 4.78 is 14.6. The zero-order valence-electron chi connectivity index (χ0n) is 22.2. The monoisotopic (exact) mass is 548 g/mol. The molecule has 204 valence electrons. The molecular formula is C28H33FN8OS. The topological polar surface area (TPSA) is 88.7 Å². The van der Waals surface area contributed by atoms with Gasteiger partial charge in [0.15, 0.2) is 5.16 Å². The van der Waals surface area contributed by atoms with Gasteiger partial charge in [0, 0.05) is 55.9 Å². The van der Waals surface area contributed by atoms with Crippen LogP contribution in [0.1, 0.15) is 36.5 Å². The van der Waals surface area contributed by atoms with Crippen molar-refractivity contribution in [3.63, 3.8) is 0 Å². The molecule has 3 N–H and O–H groups in total. The number of hydrazine groups is 1. The highest BCUT2D eigenvalue weighted by Crippen LogP contribution is 2.32. The number of amides is 1. The van der Waals surface area contributed by atoms with E-state index in [-0.39, 0.29) is 11.7 Å². The SMILES string of the molecule is CC1CC(Nc2cc(N3CCC3)nc(Sc3ccc(NC(=O)c4c(F)cccc4N4CCC4)cc3)n2)N(C)N1. The molecule has 3 aliphatic rings. The Kier molecular flexibility index (Phi) is 7.28. The first kappa shape index (κ1) is 25.8. The summed E-state index contributed by atoms with van der Waals surface area (Å²) >= 11 is 1.47. The molecule has 3 aromatic rings. The van der Waals surface area contributed by atoms with Gasteiger partial charge in [-0.2, -0.15) is 0 Å². The summed E-state index contributed by atoms with van der Waals surface area (Å²) in [5.41, 5.74) is 4.74. The van der Waals surface area contributed by atoms with Crippen molar-refractivity contribution < 1.29 is 9.18 Å². The molecular weight excluding hydrogens is 515 g/mol. The van der Waals surface area contributed by atoms with Gasteiger partial charge in [-0.05, 0) is 74.3 Å². The number of aromatic nitrogens is 2. The molecule has 3 fully saturated rings. The number of hydrogen-bond donors (Lipinski definition) is 3. The average molecular weight is 549 g/mol. The fourth-order valence-electron chi connectivity index (χ4n) is 5.01. The molecule has 2 aromatic carbocycles. The number of carbonyl (C=O) groups excluding carboxylic acids is 1. The highest BCUT2D eigenvalue weighted by atomic mass is 32.2. The van der Waals surface area contributed by atoms with Crippen molar-refractivity contribution in [2.45, 2.75) is 48.4 Å². The second-order valence-electron chi connectivity index (χ2n) is 10.3. The van der Waals surface area contributed by atoms with Crippen LogP contribution in [0.25, 0.3) is 0 Å². The Hall–Kier alpha value is -3.41. The molecule has 0 radical (unpaired) electrons. The molecule has 9 nitrogen and oxygen atoms in total. The first-order valence-electron chi connectivity index (χ1n) is 13.5. The van der Waals surface area contributed by atoms with E-state index in [4.69, 9.17) is 9.97 Å². The van der Waals surface area contributed by atoms with Crippen LogP contribution < -0.4 is 25.9 Å². The molecule has 0 saturated carbocycles. The predicted octanol–water partition coefficient (Wildman–Crippen LogP) is 4.41. The summed E-state index contributed by atoms with van der Waals surface area (Å²) in [5, 5.41) is 9.15. The normalized spacial score (nSPS) is 20.9. The third-order valence-electron chi connectivity index (χ3n) is 7.39. The average Bonchev–Trinajstić information content (AvgIpc) is 3.14. The van der Waals surface area contributed by atoms with E-state index in [1.807, 2.05) is 42.3 Å². The van der Waals surface area contributed by atoms with Gasteiger partial charge in [0.25, 0.3) is 5.91 Å². The maximum Gasteiger partial charge on any atom is 0.260 e. The van der Waals surface area contributed by atoms with Crippen LogP contribution in [-0.4, -0.2) is 66.3 Å². The second kappa shape index (κ2) is 11.0. The summed E-state index contributed by atoms with van der Waals surface area (Å²) in [6, 6.07) is 14.7. The molecule has 0 bridgehead atoms. The van der Waals surface area contributed by atoms with Gasteiger partial charge in [-0.25, -0.2) is 19.4 Å². The number of carbonyl (C=O) groups is 1. The molecule has 0 aliphatic carbocycles. The highest BCUT2D eigenvalue weighted by Gasteiger charge is 2.27. The van der Waals surface area contributed by atoms with E-state index < -0.39 is 11.7 Å². The molecule has 4 heterocycles. The van der Waals surface area contributed by atoms with Crippen molar-refractivity contribution in [3.8, 4) is 0 Å². The Bertz CT molecular complexity index is 1350. The van der Waals surface area contributed by atoms with Crippen LogP contribution in [0.5, 0.6) is 0 Å². The lowest BCUT2D eigenvalue weighted by Gasteiger charge is -2.34. The lowest BCUT2D eigenvalue weighted by atomic mass is 10.1. The second-order valence-corrected chi connectivity index (χ2v) is 11.4. The van der Waals surface area contributed by atoms with Crippen molar-refractivity contribution in [1.82, 2.24) is 20.4 Å². The predicted molar refractivity (Wildman–Crippen MR) is 153 cm³/mol. The summed E-state index contributed by atoms with van der Waals surface area (Å²) in [6.45, 7) is 5.83. The number of benzene rings is 2. The molecule has 1 amide bonds. The van der Waals surface area contributed by atoms with Gasteiger partial charge in [0.05, 0.1) is 17.4 Å². The van der Waals surface area contributed by atoms with Crippen molar-refractivity contribution in [2.75, 3.05) is 53.7 Å². The molecule has 11 heteroatoms. The van der Waals surface area contributed by atoms with E-state index in [1.54, 1.807) is 12.1 Å². The molecule has 39 heavy (non-hydrogen) atoms. The van der Waals surface area contributed by atoms with Crippen molar-refractivity contribution in [2.24, 2.45) is 0 Å².